The van der Waals surface area contributed by atoms with E-state index in [0.717, 1.165) is 0 Å². The molecule has 5 heteroatoms. The van der Waals surface area contributed by atoms with Crippen molar-refractivity contribution in [1.29, 1.82) is 0 Å². The third kappa shape index (κ3) is 5.53. The SMILES string of the molecule is CCOC(=O)CCN(CCO)C(C)=O. The highest BCUT2D eigenvalue weighted by molar-refractivity contribution is 5.74. The smallest absolute Gasteiger partial charge is 0.307 e. The molecule has 0 radical (unpaired) electrons. The van der Waals surface area contributed by atoms with Gasteiger partial charge in [-0.25, -0.2) is 0 Å². The summed E-state index contributed by atoms with van der Waals surface area (Å²) in [7, 11) is 0. The Balaban J connectivity index is 3.81. The van der Waals surface area contributed by atoms with Gasteiger partial charge in [0.2, 0.25) is 5.91 Å². The van der Waals surface area contributed by atoms with Gasteiger partial charge in [0.1, 0.15) is 0 Å². The second-order valence-electron chi connectivity index (χ2n) is 2.78. The molecule has 0 bridgehead atoms. The van der Waals surface area contributed by atoms with Crippen LogP contribution in [0.2, 0.25) is 0 Å². The van der Waals surface area contributed by atoms with E-state index in [1.807, 2.05) is 0 Å². The van der Waals surface area contributed by atoms with Crippen molar-refractivity contribution in [2.24, 2.45) is 0 Å². The molecule has 0 aliphatic rings. The first kappa shape index (κ1) is 12.9. The molecule has 0 saturated carbocycles. The number of ether oxygens (including phenoxy) is 1. The summed E-state index contributed by atoms with van der Waals surface area (Å²) < 4.78 is 4.71. The summed E-state index contributed by atoms with van der Waals surface area (Å²) in [6.45, 7) is 3.94. The molecular weight excluding hydrogens is 186 g/mol. The van der Waals surface area contributed by atoms with E-state index >= 15 is 0 Å². The van der Waals surface area contributed by atoms with Gasteiger partial charge >= 0.3 is 5.97 Å². The highest BCUT2D eigenvalue weighted by atomic mass is 16.5. The van der Waals surface area contributed by atoms with Gasteiger partial charge in [0, 0.05) is 20.0 Å². The van der Waals surface area contributed by atoms with Crippen LogP contribution in [-0.2, 0) is 14.3 Å². The Morgan fingerprint density at radius 2 is 2.00 bits per heavy atom. The van der Waals surface area contributed by atoms with E-state index in [2.05, 4.69) is 0 Å². The van der Waals surface area contributed by atoms with Crippen molar-refractivity contribution < 1.29 is 19.4 Å². The number of carbonyl (C=O) groups is 2. The molecule has 0 unspecified atom stereocenters. The lowest BCUT2D eigenvalue weighted by molar-refractivity contribution is -0.144. The standard InChI is InChI=1S/C9H17NO4/c1-3-14-9(13)4-5-10(6-7-11)8(2)12/h11H,3-7H2,1-2H3. The first-order valence-electron chi connectivity index (χ1n) is 4.63. The zero-order chi connectivity index (χ0) is 11.0. The molecule has 0 heterocycles. The second kappa shape index (κ2) is 7.32. The summed E-state index contributed by atoms with van der Waals surface area (Å²) >= 11 is 0. The molecule has 1 amide bonds. The van der Waals surface area contributed by atoms with Crippen molar-refractivity contribution in [2.45, 2.75) is 20.3 Å². The first-order valence-corrected chi connectivity index (χ1v) is 4.63. The van der Waals surface area contributed by atoms with Crippen LogP contribution in [0.5, 0.6) is 0 Å². The van der Waals surface area contributed by atoms with Gasteiger partial charge in [-0.15, -0.1) is 0 Å². The minimum atomic E-state index is -0.323. The fraction of sp³-hybridized carbons (Fsp3) is 0.778. The molecule has 0 atom stereocenters. The van der Waals surface area contributed by atoms with Crippen LogP contribution < -0.4 is 0 Å². The van der Waals surface area contributed by atoms with E-state index in [1.54, 1.807) is 6.92 Å². The van der Waals surface area contributed by atoms with E-state index in [1.165, 1.54) is 11.8 Å². The Morgan fingerprint density at radius 1 is 1.36 bits per heavy atom. The number of carbonyl (C=O) groups excluding carboxylic acids is 2. The molecule has 0 aliphatic carbocycles. The molecule has 0 fully saturated rings. The monoisotopic (exact) mass is 203 g/mol. The average Bonchev–Trinajstić information content (AvgIpc) is 2.12. The van der Waals surface area contributed by atoms with Crippen LogP contribution in [0.1, 0.15) is 20.3 Å². The predicted octanol–water partition coefficient (Wildman–Crippen LogP) is -0.220. The zero-order valence-corrected chi connectivity index (χ0v) is 8.65. The van der Waals surface area contributed by atoms with Gasteiger partial charge in [0.25, 0.3) is 0 Å². The van der Waals surface area contributed by atoms with Gasteiger partial charge in [0.15, 0.2) is 0 Å². The number of amides is 1. The molecule has 0 aromatic heterocycles. The van der Waals surface area contributed by atoms with Gasteiger partial charge in [0.05, 0.1) is 19.6 Å². The number of hydrogen-bond acceptors (Lipinski definition) is 4. The van der Waals surface area contributed by atoms with Crippen LogP contribution in [0.15, 0.2) is 0 Å². The summed E-state index contributed by atoms with van der Waals surface area (Å²) in [5.74, 6) is -0.472. The lowest BCUT2D eigenvalue weighted by Gasteiger charge is -2.18. The van der Waals surface area contributed by atoms with Crippen LogP contribution in [0.25, 0.3) is 0 Å². The largest absolute Gasteiger partial charge is 0.466 e. The molecule has 14 heavy (non-hydrogen) atoms. The van der Waals surface area contributed by atoms with Gasteiger partial charge in [-0.3, -0.25) is 9.59 Å². The van der Waals surface area contributed by atoms with Gasteiger partial charge in [-0.05, 0) is 6.92 Å². The fourth-order valence-electron chi connectivity index (χ4n) is 1.01. The van der Waals surface area contributed by atoms with E-state index in [9.17, 15) is 9.59 Å². The van der Waals surface area contributed by atoms with Crippen molar-refractivity contribution in [3.8, 4) is 0 Å². The minimum Gasteiger partial charge on any atom is -0.466 e. The molecule has 0 rings (SSSR count). The Bertz CT molecular complexity index is 193. The van der Waals surface area contributed by atoms with Crippen LogP contribution in [0, 0.1) is 0 Å². The van der Waals surface area contributed by atoms with E-state index < -0.39 is 0 Å². The van der Waals surface area contributed by atoms with Crippen molar-refractivity contribution in [3.63, 3.8) is 0 Å². The highest BCUT2D eigenvalue weighted by Crippen LogP contribution is 1.94. The molecule has 0 aromatic carbocycles. The number of aliphatic hydroxyl groups excluding tert-OH is 1. The van der Waals surface area contributed by atoms with Crippen LogP contribution in [-0.4, -0.2) is 48.2 Å². The fourth-order valence-corrected chi connectivity index (χ4v) is 1.01. The number of esters is 1. The summed E-state index contributed by atoms with van der Waals surface area (Å²) in [5.41, 5.74) is 0. The molecular formula is C9H17NO4. The van der Waals surface area contributed by atoms with E-state index in [0.29, 0.717) is 13.2 Å². The normalized spacial score (nSPS) is 9.64. The summed E-state index contributed by atoms with van der Waals surface area (Å²) in [6, 6.07) is 0. The highest BCUT2D eigenvalue weighted by Gasteiger charge is 2.10. The molecule has 1 N–H and O–H groups in total. The zero-order valence-electron chi connectivity index (χ0n) is 8.65. The van der Waals surface area contributed by atoms with Crippen LogP contribution in [0.3, 0.4) is 0 Å². The summed E-state index contributed by atoms with van der Waals surface area (Å²) in [5, 5.41) is 8.64. The predicted molar refractivity (Wildman–Crippen MR) is 50.6 cm³/mol. The molecule has 0 aliphatic heterocycles. The van der Waals surface area contributed by atoms with Crippen molar-refractivity contribution in [1.82, 2.24) is 4.90 Å². The van der Waals surface area contributed by atoms with Crippen molar-refractivity contribution in [2.75, 3.05) is 26.3 Å². The van der Waals surface area contributed by atoms with Gasteiger partial charge in [-0.2, -0.15) is 0 Å². The summed E-state index contributed by atoms with van der Waals surface area (Å²) in [6.07, 6.45) is 0.174. The lowest BCUT2D eigenvalue weighted by Crippen LogP contribution is -2.33. The van der Waals surface area contributed by atoms with E-state index in [-0.39, 0.29) is 31.4 Å². The third-order valence-electron chi connectivity index (χ3n) is 1.71. The molecule has 0 spiro atoms. The minimum absolute atomic E-state index is 0.0948. The molecule has 82 valence electrons. The number of aliphatic hydroxyl groups is 1. The Labute approximate surface area is 83.6 Å². The molecule has 0 saturated heterocycles. The number of nitrogens with zero attached hydrogens (tertiary/aromatic N) is 1. The average molecular weight is 203 g/mol. The number of rotatable bonds is 6. The Morgan fingerprint density at radius 3 is 2.43 bits per heavy atom. The second-order valence-corrected chi connectivity index (χ2v) is 2.78. The molecule has 0 aromatic rings. The first-order chi connectivity index (χ1) is 6.61. The van der Waals surface area contributed by atoms with Crippen LogP contribution in [0.4, 0.5) is 0 Å². The number of hydrogen-bond donors (Lipinski definition) is 1. The lowest BCUT2D eigenvalue weighted by atomic mass is 10.3. The Kier molecular flexibility index (Phi) is 6.74. The summed E-state index contributed by atoms with van der Waals surface area (Å²) in [4.78, 5) is 23.3. The van der Waals surface area contributed by atoms with E-state index in [4.69, 9.17) is 9.84 Å². The van der Waals surface area contributed by atoms with Crippen molar-refractivity contribution in [3.05, 3.63) is 0 Å². The third-order valence-corrected chi connectivity index (χ3v) is 1.71. The molecule has 5 nitrogen and oxygen atoms in total. The van der Waals surface area contributed by atoms with Crippen LogP contribution >= 0.6 is 0 Å². The topological polar surface area (TPSA) is 66.8 Å². The van der Waals surface area contributed by atoms with Gasteiger partial charge < -0.3 is 14.7 Å². The quantitative estimate of drug-likeness (QED) is 0.606. The van der Waals surface area contributed by atoms with Crippen molar-refractivity contribution >= 4 is 11.9 Å². The van der Waals surface area contributed by atoms with Gasteiger partial charge in [-0.1, -0.05) is 0 Å². The maximum absolute atomic E-state index is 11.0. The maximum Gasteiger partial charge on any atom is 0.307 e. The Hall–Kier alpha value is -1.10. The maximum atomic E-state index is 11.0.